The van der Waals surface area contributed by atoms with Crippen LogP contribution in [0.1, 0.15) is 11.6 Å². The summed E-state index contributed by atoms with van der Waals surface area (Å²) >= 11 is 0. The van der Waals surface area contributed by atoms with E-state index in [1.54, 1.807) is 20.0 Å². The van der Waals surface area contributed by atoms with Crippen LogP contribution in [-0.4, -0.2) is 33.2 Å². The van der Waals surface area contributed by atoms with E-state index in [1.807, 2.05) is 0 Å². The average Bonchev–Trinajstić information content (AvgIpc) is 2.74. The Hall–Kier alpha value is -2.44. The first-order valence-corrected chi connectivity index (χ1v) is 5.70. The van der Waals surface area contributed by atoms with Crippen molar-refractivity contribution in [2.75, 3.05) is 12.4 Å². The fraction of sp³-hybridized carbons (Fsp3) is 0.250. The number of anilines is 1. The first-order chi connectivity index (χ1) is 9.04. The van der Waals surface area contributed by atoms with Crippen LogP contribution in [0.25, 0.3) is 0 Å². The highest BCUT2D eigenvalue weighted by Crippen LogP contribution is 2.10. The number of aromatic nitrogens is 3. The van der Waals surface area contributed by atoms with Gasteiger partial charge in [-0.15, -0.1) is 0 Å². The maximum Gasteiger partial charge on any atom is 0.321 e. The highest BCUT2D eigenvalue weighted by atomic mass is 19.1. The number of hydrogen-bond donors (Lipinski definition) is 2. The largest absolute Gasteiger partial charge is 0.321 e. The number of halogens is 1. The van der Waals surface area contributed by atoms with Crippen molar-refractivity contribution in [3.63, 3.8) is 0 Å². The van der Waals surface area contributed by atoms with Gasteiger partial charge in [-0.2, -0.15) is 5.10 Å². The molecule has 0 saturated carbocycles. The van der Waals surface area contributed by atoms with E-state index in [0.29, 0.717) is 17.3 Å². The molecule has 0 aliphatic carbocycles. The topological polar surface area (TPSA) is 73.9 Å². The van der Waals surface area contributed by atoms with E-state index < -0.39 is 5.82 Å². The van der Waals surface area contributed by atoms with Crippen molar-refractivity contribution in [2.45, 2.75) is 13.5 Å². The Morgan fingerprint density at radius 2 is 2.32 bits per heavy atom. The summed E-state index contributed by atoms with van der Waals surface area (Å²) in [4.78, 5) is 17.4. The van der Waals surface area contributed by atoms with Gasteiger partial charge in [0.25, 0.3) is 0 Å². The molecule has 2 aromatic rings. The number of urea groups is 1. The standard InChI is InChI=1S/C12H14FN5O/c1-8-14-11(17-16-8)7-18(2)12(19)15-10-5-3-4-9(13)6-10/h3-6H,7H2,1-2H3,(H,15,19)(H,14,16,17). The van der Waals surface area contributed by atoms with Gasteiger partial charge < -0.3 is 10.2 Å². The molecule has 7 heteroatoms. The first-order valence-electron chi connectivity index (χ1n) is 5.70. The number of rotatable bonds is 3. The molecule has 0 radical (unpaired) electrons. The van der Waals surface area contributed by atoms with Crippen LogP contribution in [0, 0.1) is 12.7 Å². The maximum absolute atomic E-state index is 13.0. The van der Waals surface area contributed by atoms with Gasteiger partial charge in [0.15, 0.2) is 5.82 Å². The minimum Gasteiger partial charge on any atom is -0.320 e. The predicted octanol–water partition coefficient (Wildman–Crippen LogP) is 1.92. The summed E-state index contributed by atoms with van der Waals surface area (Å²) in [5.74, 6) is 0.813. The Labute approximate surface area is 109 Å². The van der Waals surface area contributed by atoms with Crippen LogP contribution in [-0.2, 0) is 6.54 Å². The quantitative estimate of drug-likeness (QED) is 0.888. The molecule has 19 heavy (non-hydrogen) atoms. The number of carbonyl (C=O) groups excluding carboxylic acids is 1. The van der Waals surface area contributed by atoms with Gasteiger partial charge in [-0.3, -0.25) is 5.10 Å². The third kappa shape index (κ3) is 3.51. The Morgan fingerprint density at radius 3 is 2.95 bits per heavy atom. The van der Waals surface area contributed by atoms with E-state index in [9.17, 15) is 9.18 Å². The number of aromatic amines is 1. The molecule has 1 aromatic heterocycles. The molecule has 0 fully saturated rings. The summed E-state index contributed by atoms with van der Waals surface area (Å²) in [5.41, 5.74) is 0.406. The molecule has 2 amide bonds. The highest BCUT2D eigenvalue weighted by Gasteiger charge is 2.12. The van der Waals surface area contributed by atoms with Crippen molar-refractivity contribution in [1.82, 2.24) is 20.1 Å². The molecular weight excluding hydrogens is 249 g/mol. The minimum absolute atomic E-state index is 0.269. The number of carbonyl (C=O) groups is 1. The average molecular weight is 263 g/mol. The molecule has 0 saturated heterocycles. The van der Waals surface area contributed by atoms with Crippen molar-refractivity contribution >= 4 is 11.7 Å². The zero-order valence-electron chi connectivity index (χ0n) is 10.6. The number of benzene rings is 1. The van der Waals surface area contributed by atoms with Crippen LogP contribution >= 0.6 is 0 Å². The number of H-pyrrole nitrogens is 1. The van der Waals surface area contributed by atoms with Gasteiger partial charge in [-0.1, -0.05) is 6.07 Å². The third-order valence-electron chi connectivity index (χ3n) is 2.44. The molecule has 2 N–H and O–H groups in total. The second kappa shape index (κ2) is 5.47. The second-order valence-electron chi connectivity index (χ2n) is 4.13. The second-order valence-corrected chi connectivity index (χ2v) is 4.13. The van der Waals surface area contributed by atoms with Gasteiger partial charge in [-0.25, -0.2) is 14.2 Å². The normalized spacial score (nSPS) is 10.3. The van der Waals surface area contributed by atoms with Gasteiger partial charge in [0, 0.05) is 12.7 Å². The summed E-state index contributed by atoms with van der Waals surface area (Å²) in [6, 6.07) is 5.36. The lowest BCUT2D eigenvalue weighted by atomic mass is 10.3. The first kappa shape index (κ1) is 13.0. The summed E-state index contributed by atoms with van der Waals surface area (Å²) in [6.07, 6.45) is 0. The van der Waals surface area contributed by atoms with Gasteiger partial charge in [0.1, 0.15) is 11.6 Å². The molecule has 0 unspecified atom stereocenters. The molecule has 0 spiro atoms. The molecular formula is C12H14FN5O. The molecule has 6 nitrogen and oxygen atoms in total. The number of aryl methyl sites for hydroxylation is 1. The fourth-order valence-electron chi connectivity index (χ4n) is 1.53. The van der Waals surface area contributed by atoms with Crippen molar-refractivity contribution in [2.24, 2.45) is 0 Å². The minimum atomic E-state index is -0.398. The molecule has 0 aliphatic rings. The number of nitrogens with zero attached hydrogens (tertiary/aromatic N) is 3. The van der Waals surface area contributed by atoms with Gasteiger partial charge in [0.05, 0.1) is 6.54 Å². The highest BCUT2D eigenvalue weighted by molar-refractivity contribution is 5.88. The van der Waals surface area contributed by atoms with Crippen molar-refractivity contribution in [3.8, 4) is 0 Å². The predicted molar refractivity (Wildman–Crippen MR) is 68.0 cm³/mol. The van der Waals surface area contributed by atoms with Gasteiger partial charge >= 0.3 is 6.03 Å². The van der Waals surface area contributed by atoms with Crippen LogP contribution in [0.5, 0.6) is 0 Å². The van der Waals surface area contributed by atoms with Gasteiger partial charge in [-0.05, 0) is 25.1 Å². The lowest BCUT2D eigenvalue weighted by Gasteiger charge is -2.16. The summed E-state index contributed by atoms with van der Waals surface area (Å²) < 4.78 is 13.0. The van der Waals surface area contributed by atoms with Crippen LogP contribution in [0.15, 0.2) is 24.3 Å². The smallest absolute Gasteiger partial charge is 0.320 e. The molecule has 0 aliphatic heterocycles. The van der Waals surface area contributed by atoms with Crippen molar-refractivity contribution in [3.05, 3.63) is 41.7 Å². The van der Waals surface area contributed by atoms with Crippen molar-refractivity contribution < 1.29 is 9.18 Å². The SMILES string of the molecule is Cc1nc(CN(C)C(=O)Nc2cccc(F)c2)n[nH]1. The van der Waals surface area contributed by atoms with Crippen LogP contribution in [0.3, 0.4) is 0 Å². The van der Waals surface area contributed by atoms with Crippen molar-refractivity contribution in [1.29, 1.82) is 0 Å². The van der Waals surface area contributed by atoms with E-state index in [-0.39, 0.29) is 12.6 Å². The molecule has 1 aromatic carbocycles. The van der Waals surface area contributed by atoms with E-state index in [0.717, 1.165) is 0 Å². The Bertz CT molecular complexity index is 583. The maximum atomic E-state index is 13.0. The third-order valence-corrected chi connectivity index (χ3v) is 2.44. The fourth-order valence-corrected chi connectivity index (χ4v) is 1.53. The van der Waals surface area contributed by atoms with E-state index >= 15 is 0 Å². The summed E-state index contributed by atoms with van der Waals surface area (Å²) in [5, 5.41) is 9.23. The molecule has 100 valence electrons. The summed E-state index contributed by atoms with van der Waals surface area (Å²) in [7, 11) is 1.61. The Morgan fingerprint density at radius 1 is 1.53 bits per heavy atom. The van der Waals surface area contributed by atoms with E-state index in [2.05, 4.69) is 20.5 Å². The zero-order chi connectivity index (χ0) is 13.8. The summed E-state index contributed by atoms with van der Waals surface area (Å²) in [6.45, 7) is 2.05. The molecule has 0 atom stereocenters. The number of nitrogens with one attached hydrogen (secondary N) is 2. The van der Waals surface area contributed by atoms with Crippen LogP contribution in [0.4, 0.5) is 14.9 Å². The Kier molecular flexibility index (Phi) is 3.74. The molecule has 1 heterocycles. The molecule has 2 rings (SSSR count). The van der Waals surface area contributed by atoms with E-state index in [4.69, 9.17) is 0 Å². The van der Waals surface area contributed by atoms with Crippen LogP contribution in [0.2, 0.25) is 0 Å². The monoisotopic (exact) mass is 263 g/mol. The number of hydrogen-bond acceptors (Lipinski definition) is 3. The lowest BCUT2D eigenvalue weighted by Crippen LogP contribution is -2.31. The van der Waals surface area contributed by atoms with E-state index in [1.165, 1.54) is 23.1 Å². The zero-order valence-corrected chi connectivity index (χ0v) is 10.6. The van der Waals surface area contributed by atoms with Gasteiger partial charge in [0.2, 0.25) is 0 Å². The Balaban J connectivity index is 1.96. The van der Waals surface area contributed by atoms with Crippen LogP contribution < -0.4 is 5.32 Å². The molecule has 0 bridgehead atoms. The number of amides is 2. The lowest BCUT2D eigenvalue weighted by molar-refractivity contribution is 0.219.